The summed E-state index contributed by atoms with van der Waals surface area (Å²) in [5.74, 6) is -0.201. The molecule has 0 spiro atoms. The lowest BCUT2D eigenvalue weighted by molar-refractivity contribution is -0.146. The first-order valence-corrected chi connectivity index (χ1v) is 4.86. The van der Waals surface area contributed by atoms with Crippen molar-refractivity contribution >= 4 is 17.0 Å². The molecule has 1 heterocycles. The number of carbonyl (C=O) groups excluding carboxylic acids is 1. The number of nitrogens with zero attached hydrogens (tertiary/aromatic N) is 2. The molecule has 4 nitrogen and oxygen atoms in total. The van der Waals surface area contributed by atoms with Crippen LogP contribution in [-0.4, -0.2) is 15.5 Å². The van der Waals surface area contributed by atoms with E-state index in [0.717, 1.165) is 11.0 Å². The number of fused-ring (bicyclic) bond motifs is 1. The van der Waals surface area contributed by atoms with Crippen molar-refractivity contribution in [1.82, 2.24) is 9.55 Å². The Balaban J connectivity index is 2.18. The summed E-state index contributed by atoms with van der Waals surface area (Å²) in [4.78, 5) is 15.2. The van der Waals surface area contributed by atoms with Gasteiger partial charge in [0.2, 0.25) is 0 Å². The molecule has 0 atom stereocenters. The molecule has 0 aliphatic heterocycles. The van der Waals surface area contributed by atoms with Crippen molar-refractivity contribution in [2.45, 2.75) is 20.1 Å². The molecule has 1 aromatic carbocycles. The summed E-state index contributed by atoms with van der Waals surface area (Å²) in [6, 6.07) is 7.73. The molecule has 0 fully saturated rings. The number of imidazole rings is 1. The van der Waals surface area contributed by atoms with E-state index >= 15 is 0 Å². The first kappa shape index (κ1) is 9.71. The van der Waals surface area contributed by atoms with E-state index in [-0.39, 0.29) is 12.7 Å². The molecular weight excluding hydrogens is 192 g/mol. The second-order valence-electron chi connectivity index (χ2n) is 3.20. The van der Waals surface area contributed by atoms with Crippen molar-refractivity contribution in [2.24, 2.45) is 0 Å². The third-order valence-electron chi connectivity index (χ3n) is 2.18. The van der Waals surface area contributed by atoms with E-state index in [1.54, 1.807) is 13.3 Å². The zero-order valence-electron chi connectivity index (χ0n) is 8.51. The van der Waals surface area contributed by atoms with Crippen molar-refractivity contribution in [3.8, 4) is 0 Å². The van der Waals surface area contributed by atoms with Crippen LogP contribution in [0, 0.1) is 0 Å². The summed E-state index contributed by atoms with van der Waals surface area (Å²) in [5.41, 5.74) is 1.88. The van der Waals surface area contributed by atoms with Crippen molar-refractivity contribution in [3.63, 3.8) is 0 Å². The van der Waals surface area contributed by atoms with Gasteiger partial charge in [-0.05, 0) is 12.1 Å². The fourth-order valence-electron chi connectivity index (χ4n) is 1.36. The molecule has 0 bridgehead atoms. The van der Waals surface area contributed by atoms with Crippen LogP contribution in [0.2, 0.25) is 0 Å². The third kappa shape index (κ3) is 1.98. The highest BCUT2D eigenvalue weighted by Crippen LogP contribution is 2.11. The smallest absolute Gasteiger partial charge is 0.307 e. The number of ether oxygens (including phenoxy) is 1. The Hall–Kier alpha value is -1.84. The molecular formula is C11H12N2O2. The first-order chi connectivity index (χ1) is 7.31. The molecule has 0 unspecified atom stereocenters. The van der Waals surface area contributed by atoms with Crippen molar-refractivity contribution in [1.29, 1.82) is 0 Å². The average molecular weight is 204 g/mol. The lowest BCUT2D eigenvalue weighted by Gasteiger charge is -2.04. The number of aromatic nitrogens is 2. The van der Waals surface area contributed by atoms with E-state index < -0.39 is 0 Å². The van der Waals surface area contributed by atoms with E-state index in [1.165, 1.54) is 0 Å². The minimum atomic E-state index is -0.201. The molecule has 0 amide bonds. The number of benzene rings is 1. The highest BCUT2D eigenvalue weighted by Gasteiger charge is 2.03. The molecule has 15 heavy (non-hydrogen) atoms. The van der Waals surface area contributed by atoms with Crippen LogP contribution in [0.1, 0.15) is 13.3 Å². The molecule has 78 valence electrons. The maximum atomic E-state index is 11.0. The number of carbonyl (C=O) groups is 1. The van der Waals surface area contributed by atoms with E-state index in [9.17, 15) is 4.79 Å². The summed E-state index contributed by atoms with van der Waals surface area (Å²) in [6.45, 7) is 2.00. The minimum absolute atomic E-state index is 0.201. The van der Waals surface area contributed by atoms with Crippen LogP contribution in [0.3, 0.4) is 0 Å². The zero-order chi connectivity index (χ0) is 10.7. The van der Waals surface area contributed by atoms with Gasteiger partial charge in [0.15, 0.2) is 6.73 Å². The predicted octanol–water partition coefficient (Wildman–Crippen LogP) is 1.95. The summed E-state index contributed by atoms with van der Waals surface area (Å²) in [5, 5.41) is 0. The van der Waals surface area contributed by atoms with E-state index in [4.69, 9.17) is 4.74 Å². The molecule has 0 N–H and O–H groups in total. The maximum absolute atomic E-state index is 11.0. The molecule has 0 radical (unpaired) electrons. The number of rotatable bonds is 3. The van der Waals surface area contributed by atoms with Crippen LogP contribution < -0.4 is 0 Å². The minimum Gasteiger partial charge on any atom is -0.444 e. The normalized spacial score (nSPS) is 10.5. The predicted molar refractivity (Wildman–Crippen MR) is 56.1 cm³/mol. The van der Waals surface area contributed by atoms with E-state index in [1.807, 2.05) is 28.8 Å². The number of hydrogen-bond acceptors (Lipinski definition) is 3. The lowest BCUT2D eigenvalue weighted by atomic mass is 10.3. The van der Waals surface area contributed by atoms with Gasteiger partial charge in [0.1, 0.15) is 0 Å². The van der Waals surface area contributed by atoms with Gasteiger partial charge in [0.25, 0.3) is 0 Å². The summed E-state index contributed by atoms with van der Waals surface area (Å²) in [6.07, 6.45) is 2.07. The molecule has 2 aromatic rings. The largest absolute Gasteiger partial charge is 0.444 e. The Bertz CT molecular complexity index is 476. The standard InChI is InChI=1S/C11H12N2O2/c1-2-11(14)15-8-13-7-12-9-5-3-4-6-10(9)13/h3-7H,2,8H2,1H3. The van der Waals surface area contributed by atoms with Crippen LogP contribution in [-0.2, 0) is 16.3 Å². The SMILES string of the molecule is CCC(=O)OCn1cnc2ccccc21. The van der Waals surface area contributed by atoms with Gasteiger partial charge < -0.3 is 4.74 Å². The Kier molecular flexibility index (Phi) is 2.67. The molecule has 4 heteroatoms. The lowest BCUT2D eigenvalue weighted by Crippen LogP contribution is -2.07. The van der Waals surface area contributed by atoms with E-state index in [0.29, 0.717) is 6.42 Å². The van der Waals surface area contributed by atoms with Gasteiger partial charge in [-0.2, -0.15) is 0 Å². The van der Waals surface area contributed by atoms with Crippen molar-refractivity contribution < 1.29 is 9.53 Å². The fourth-order valence-corrected chi connectivity index (χ4v) is 1.36. The Morgan fingerprint density at radius 2 is 2.27 bits per heavy atom. The maximum Gasteiger partial charge on any atom is 0.307 e. The molecule has 0 aliphatic rings. The summed E-state index contributed by atoms with van der Waals surface area (Å²) < 4.78 is 6.84. The van der Waals surface area contributed by atoms with Gasteiger partial charge in [0.05, 0.1) is 17.4 Å². The topological polar surface area (TPSA) is 44.1 Å². The average Bonchev–Trinajstić information content (AvgIpc) is 2.69. The fraction of sp³-hybridized carbons (Fsp3) is 0.273. The quantitative estimate of drug-likeness (QED) is 0.718. The Morgan fingerprint density at radius 1 is 1.47 bits per heavy atom. The zero-order valence-corrected chi connectivity index (χ0v) is 8.51. The number of para-hydroxylation sites is 2. The molecule has 1 aromatic heterocycles. The van der Waals surface area contributed by atoms with Crippen LogP contribution >= 0.6 is 0 Å². The molecule has 0 saturated carbocycles. The second-order valence-corrected chi connectivity index (χ2v) is 3.20. The van der Waals surface area contributed by atoms with Gasteiger partial charge >= 0.3 is 5.97 Å². The van der Waals surface area contributed by atoms with E-state index in [2.05, 4.69) is 4.98 Å². The van der Waals surface area contributed by atoms with Crippen LogP contribution in [0.25, 0.3) is 11.0 Å². The first-order valence-electron chi connectivity index (χ1n) is 4.86. The molecule has 0 saturated heterocycles. The third-order valence-corrected chi connectivity index (χ3v) is 2.18. The number of esters is 1. The van der Waals surface area contributed by atoms with Crippen molar-refractivity contribution in [3.05, 3.63) is 30.6 Å². The van der Waals surface area contributed by atoms with Gasteiger partial charge in [0, 0.05) is 6.42 Å². The van der Waals surface area contributed by atoms with Crippen LogP contribution in [0.4, 0.5) is 0 Å². The Morgan fingerprint density at radius 3 is 3.07 bits per heavy atom. The summed E-state index contributed by atoms with van der Waals surface area (Å²) >= 11 is 0. The highest BCUT2D eigenvalue weighted by atomic mass is 16.5. The van der Waals surface area contributed by atoms with Crippen LogP contribution in [0.15, 0.2) is 30.6 Å². The second kappa shape index (κ2) is 4.13. The van der Waals surface area contributed by atoms with Gasteiger partial charge in [-0.15, -0.1) is 0 Å². The Labute approximate surface area is 87.5 Å². The summed E-state index contributed by atoms with van der Waals surface area (Å²) in [7, 11) is 0. The van der Waals surface area contributed by atoms with Gasteiger partial charge in [-0.25, -0.2) is 4.98 Å². The van der Waals surface area contributed by atoms with Crippen LogP contribution in [0.5, 0.6) is 0 Å². The molecule has 2 rings (SSSR count). The highest BCUT2D eigenvalue weighted by molar-refractivity contribution is 5.75. The van der Waals surface area contributed by atoms with Gasteiger partial charge in [-0.3, -0.25) is 9.36 Å². The monoisotopic (exact) mass is 204 g/mol. The molecule has 0 aliphatic carbocycles. The van der Waals surface area contributed by atoms with Gasteiger partial charge in [-0.1, -0.05) is 19.1 Å². The van der Waals surface area contributed by atoms with Crippen molar-refractivity contribution in [2.75, 3.05) is 0 Å². The number of hydrogen-bond donors (Lipinski definition) is 0.